The van der Waals surface area contributed by atoms with Crippen LogP contribution in [0.25, 0.3) is 0 Å². The molecule has 0 bridgehead atoms. The fourth-order valence-corrected chi connectivity index (χ4v) is 4.09. The molecule has 1 aromatic rings. The maximum atomic E-state index is 12.2. The molecule has 0 spiro atoms. The van der Waals surface area contributed by atoms with Gasteiger partial charge in [-0.2, -0.15) is 0 Å². The van der Waals surface area contributed by atoms with Crippen LogP contribution < -0.4 is 10.0 Å². The second-order valence-electron chi connectivity index (χ2n) is 8.01. The Morgan fingerprint density at radius 2 is 1.77 bits per heavy atom. The minimum atomic E-state index is -3.28. The monoisotopic (exact) mass is 381 g/mol. The first kappa shape index (κ1) is 20.7. The Hall–Kier alpha value is -1.60. The molecule has 0 aromatic heterocycles. The normalized spacial score (nSPS) is 16.5. The summed E-state index contributed by atoms with van der Waals surface area (Å²) in [6, 6.07) is 9.59. The van der Waals surface area contributed by atoms with Crippen LogP contribution in [0.4, 0.5) is 4.79 Å². The highest BCUT2D eigenvalue weighted by Crippen LogP contribution is 2.17. The Balaban J connectivity index is 1.71. The van der Waals surface area contributed by atoms with Gasteiger partial charge in [0.15, 0.2) is 0 Å². The SMILES string of the molecule is CC(C)(C)NC(=O)N1CCC(CNS(=O)(=O)CCc2ccccc2)CC1. The molecule has 146 valence electrons. The van der Waals surface area contributed by atoms with Gasteiger partial charge in [-0.25, -0.2) is 17.9 Å². The van der Waals surface area contributed by atoms with Crippen molar-refractivity contribution in [2.24, 2.45) is 5.92 Å². The molecule has 0 unspecified atom stereocenters. The summed E-state index contributed by atoms with van der Waals surface area (Å²) in [4.78, 5) is 14.0. The zero-order valence-electron chi connectivity index (χ0n) is 16.0. The number of amides is 2. The molecule has 2 N–H and O–H groups in total. The lowest BCUT2D eigenvalue weighted by molar-refractivity contribution is 0.163. The van der Waals surface area contributed by atoms with Crippen molar-refractivity contribution in [1.29, 1.82) is 0 Å². The first-order chi connectivity index (χ1) is 12.1. The van der Waals surface area contributed by atoms with E-state index in [1.54, 1.807) is 0 Å². The molecule has 0 radical (unpaired) electrons. The second-order valence-corrected chi connectivity index (χ2v) is 9.94. The Kier molecular flexibility index (Phi) is 7.06. The van der Waals surface area contributed by atoms with Crippen molar-refractivity contribution >= 4 is 16.1 Å². The standard InChI is InChI=1S/C19H31N3O3S/c1-19(2,3)21-18(23)22-12-9-17(10-13-22)15-20-26(24,25)14-11-16-7-5-4-6-8-16/h4-8,17,20H,9-15H2,1-3H3,(H,21,23). The van der Waals surface area contributed by atoms with Gasteiger partial charge in [-0.15, -0.1) is 0 Å². The predicted octanol–water partition coefficient (Wildman–Crippen LogP) is 2.37. The number of carbonyl (C=O) groups excluding carboxylic acids is 1. The van der Waals surface area contributed by atoms with E-state index in [1.807, 2.05) is 56.0 Å². The summed E-state index contributed by atoms with van der Waals surface area (Å²) >= 11 is 0. The Bertz CT molecular complexity index is 676. The molecular formula is C19H31N3O3S. The van der Waals surface area contributed by atoms with Crippen LogP contribution in [0, 0.1) is 5.92 Å². The predicted molar refractivity (Wildman–Crippen MR) is 105 cm³/mol. The van der Waals surface area contributed by atoms with Crippen LogP contribution in [0.1, 0.15) is 39.2 Å². The molecule has 1 aliphatic heterocycles. The number of carbonyl (C=O) groups is 1. The molecule has 1 heterocycles. The van der Waals surface area contributed by atoms with Crippen LogP contribution in [0.15, 0.2) is 30.3 Å². The van der Waals surface area contributed by atoms with Crippen LogP contribution in [0.5, 0.6) is 0 Å². The third kappa shape index (κ3) is 7.33. The number of urea groups is 1. The van der Waals surface area contributed by atoms with E-state index in [0.29, 0.717) is 26.1 Å². The molecule has 1 saturated heterocycles. The zero-order valence-corrected chi connectivity index (χ0v) is 16.8. The number of rotatable bonds is 6. The molecule has 7 heteroatoms. The molecule has 1 aliphatic rings. The van der Waals surface area contributed by atoms with E-state index in [-0.39, 0.29) is 23.2 Å². The molecule has 2 amide bonds. The van der Waals surface area contributed by atoms with Crippen molar-refractivity contribution in [2.75, 3.05) is 25.4 Å². The van der Waals surface area contributed by atoms with Crippen LogP contribution in [0.3, 0.4) is 0 Å². The van der Waals surface area contributed by atoms with E-state index in [0.717, 1.165) is 18.4 Å². The first-order valence-corrected chi connectivity index (χ1v) is 10.9. The van der Waals surface area contributed by atoms with Crippen molar-refractivity contribution in [2.45, 2.75) is 45.6 Å². The van der Waals surface area contributed by atoms with E-state index < -0.39 is 10.0 Å². The number of hydrogen-bond acceptors (Lipinski definition) is 3. The van der Waals surface area contributed by atoms with Crippen LogP contribution in [0.2, 0.25) is 0 Å². The molecule has 0 atom stereocenters. The Labute approximate surface area is 157 Å². The van der Waals surface area contributed by atoms with Gasteiger partial charge in [0.2, 0.25) is 10.0 Å². The number of piperidine rings is 1. The highest BCUT2D eigenvalue weighted by Gasteiger charge is 2.25. The third-order valence-electron chi connectivity index (χ3n) is 4.48. The summed E-state index contributed by atoms with van der Waals surface area (Å²) in [5.74, 6) is 0.379. The lowest BCUT2D eigenvalue weighted by atomic mass is 9.97. The van der Waals surface area contributed by atoms with Gasteiger partial charge in [0.25, 0.3) is 0 Å². The van der Waals surface area contributed by atoms with E-state index in [2.05, 4.69) is 10.0 Å². The molecule has 6 nitrogen and oxygen atoms in total. The van der Waals surface area contributed by atoms with E-state index in [1.165, 1.54) is 0 Å². The molecule has 26 heavy (non-hydrogen) atoms. The number of nitrogens with zero attached hydrogens (tertiary/aromatic N) is 1. The number of aryl methyl sites for hydroxylation is 1. The maximum absolute atomic E-state index is 12.2. The van der Waals surface area contributed by atoms with Crippen molar-refractivity contribution in [3.8, 4) is 0 Å². The number of nitrogens with one attached hydrogen (secondary N) is 2. The van der Waals surface area contributed by atoms with Gasteiger partial charge in [0.05, 0.1) is 5.75 Å². The van der Waals surface area contributed by atoms with Gasteiger partial charge in [-0.05, 0) is 51.5 Å². The highest BCUT2D eigenvalue weighted by molar-refractivity contribution is 7.89. The van der Waals surface area contributed by atoms with Crippen molar-refractivity contribution in [3.05, 3.63) is 35.9 Å². The van der Waals surface area contributed by atoms with E-state index in [9.17, 15) is 13.2 Å². The minimum absolute atomic E-state index is 0.0422. The first-order valence-electron chi connectivity index (χ1n) is 9.23. The van der Waals surface area contributed by atoms with Crippen LogP contribution in [-0.2, 0) is 16.4 Å². The number of benzene rings is 1. The molecule has 0 aliphatic carbocycles. The van der Waals surface area contributed by atoms with Gasteiger partial charge in [0.1, 0.15) is 0 Å². The summed E-state index contributed by atoms with van der Waals surface area (Å²) in [5.41, 5.74) is 0.776. The largest absolute Gasteiger partial charge is 0.333 e. The summed E-state index contributed by atoms with van der Waals surface area (Å²) in [7, 11) is -3.28. The zero-order chi connectivity index (χ0) is 19.2. The van der Waals surface area contributed by atoms with E-state index in [4.69, 9.17) is 0 Å². The summed E-state index contributed by atoms with van der Waals surface area (Å²) in [6.07, 6.45) is 2.15. The lowest BCUT2D eigenvalue weighted by Gasteiger charge is -2.34. The lowest BCUT2D eigenvalue weighted by Crippen LogP contribution is -2.51. The smallest absolute Gasteiger partial charge is 0.317 e. The fourth-order valence-electron chi connectivity index (χ4n) is 2.95. The highest BCUT2D eigenvalue weighted by atomic mass is 32.2. The van der Waals surface area contributed by atoms with Gasteiger partial charge in [0, 0.05) is 25.2 Å². The topological polar surface area (TPSA) is 78.5 Å². The Morgan fingerprint density at radius 3 is 2.35 bits per heavy atom. The minimum Gasteiger partial charge on any atom is -0.333 e. The molecule has 1 fully saturated rings. The number of hydrogen-bond donors (Lipinski definition) is 2. The van der Waals surface area contributed by atoms with Crippen molar-refractivity contribution in [3.63, 3.8) is 0 Å². The van der Waals surface area contributed by atoms with Crippen molar-refractivity contribution < 1.29 is 13.2 Å². The fraction of sp³-hybridized carbons (Fsp3) is 0.632. The van der Waals surface area contributed by atoms with Gasteiger partial charge in [-0.1, -0.05) is 30.3 Å². The average Bonchev–Trinajstić information content (AvgIpc) is 2.58. The second kappa shape index (κ2) is 8.86. The summed E-state index contributed by atoms with van der Waals surface area (Å²) in [5, 5.41) is 2.97. The van der Waals surface area contributed by atoms with E-state index >= 15 is 0 Å². The summed E-state index contributed by atoms with van der Waals surface area (Å²) in [6.45, 7) is 7.66. The Morgan fingerprint density at radius 1 is 1.15 bits per heavy atom. The molecule has 2 rings (SSSR count). The van der Waals surface area contributed by atoms with Gasteiger partial charge < -0.3 is 10.2 Å². The number of sulfonamides is 1. The van der Waals surface area contributed by atoms with Crippen molar-refractivity contribution in [1.82, 2.24) is 14.9 Å². The molecular weight excluding hydrogens is 350 g/mol. The maximum Gasteiger partial charge on any atom is 0.317 e. The number of likely N-dealkylation sites (tertiary alicyclic amines) is 1. The third-order valence-corrected chi connectivity index (χ3v) is 5.83. The molecule has 1 aromatic carbocycles. The van der Waals surface area contributed by atoms with Crippen LogP contribution in [-0.4, -0.2) is 50.3 Å². The van der Waals surface area contributed by atoms with Gasteiger partial charge >= 0.3 is 6.03 Å². The molecule has 0 saturated carbocycles. The summed E-state index contributed by atoms with van der Waals surface area (Å²) < 4.78 is 27.1. The van der Waals surface area contributed by atoms with Crippen LogP contribution >= 0.6 is 0 Å². The quantitative estimate of drug-likeness (QED) is 0.794. The van der Waals surface area contributed by atoms with Gasteiger partial charge in [-0.3, -0.25) is 0 Å². The average molecular weight is 382 g/mol.